The third kappa shape index (κ3) is 9.84. The smallest absolute Gasteiger partial charge is 0.311 e. The number of methoxy groups -OCH3 is 2. The Hall–Kier alpha value is -3.46. The monoisotopic (exact) mass is 507 g/mol. The second-order valence-electron chi connectivity index (χ2n) is 9.65. The van der Waals surface area contributed by atoms with Crippen LogP contribution in [0.15, 0.2) is 42.5 Å². The predicted octanol–water partition coefficient (Wildman–Crippen LogP) is 7.47. The van der Waals surface area contributed by atoms with E-state index in [1.54, 1.807) is 26.4 Å². The summed E-state index contributed by atoms with van der Waals surface area (Å²) in [5, 5.41) is 9.66. The van der Waals surface area contributed by atoms with E-state index in [0.717, 1.165) is 61.8 Å². The second kappa shape index (κ2) is 15.6. The van der Waals surface area contributed by atoms with Crippen molar-refractivity contribution in [1.82, 2.24) is 0 Å². The van der Waals surface area contributed by atoms with E-state index in [1.165, 1.54) is 0 Å². The van der Waals surface area contributed by atoms with Crippen molar-refractivity contribution in [2.45, 2.75) is 65.7 Å². The molecule has 0 N–H and O–H groups in total. The molecule has 2 rings (SSSR count). The van der Waals surface area contributed by atoms with E-state index in [9.17, 15) is 10.1 Å². The number of hydrogen-bond acceptors (Lipinski definition) is 6. The van der Waals surface area contributed by atoms with Gasteiger partial charge in [0.2, 0.25) is 0 Å². The Morgan fingerprint density at radius 2 is 1.51 bits per heavy atom. The Kier molecular flexibility index (Phi) is 12.6. The van der Waals surface area contributed by atoms with Gasteiger partial charge in [0.25, 0.3) is 0 Å². The Morgan fingerprint density at radius 1 is 0.892 bits per heavy atom. The molecule has 0 aliphatic carbocycles. The maximum atomic E-state index is 11.9. The zero-order valence-electron chi connectivity index (χ0n) is 23.0. The molecule has 0 aliphatic heterocycles. The van der Waals surface area contributed by atoms with Gasteiger partial charge < -0.3 is 18.9 Å². The number of allylic oxidation sites excluding steroid dienone is 1. The Bertz CT molecular complexity index is 1050. The number of nitriles is 1. The van der Waals surface area contributed by atoms with Crippen LogP contribution >= 0.6 is 0 Å². The predicted molar refractivity (Wildman–Crippen MR) is 148 cm³/mol. The molecule has 0 amide bonds. The van der Waals surface area contributed by atoms with Crippen LogP contribution in [0.3, 0.4) is 0 Å². The van der Waals surface area contributed by atoms with Crippen molar-refractivity contribution in [3.63, 3.8) is 0 Å². The van der Waals surface area contributed by atoms with E-state index < -0.39 is 0 Å². The van der Waals surface area contributed by atoms with Crippen molar-refractivity contribution in [1.29, 1.82) is 5.26 Å². The van der Waals surface area contributed by atoms with Crippen LogP contribution in [-0.2, 0) is 9.53 Å². The molecule has 6 nitrogen and oxygen atoms in total. The maximum absolute atomic E-state index is 11.9. The number of unbranched alkanes of at least 4 members (excludes halogenated alkanes) is 5. The molecule has 0 radical (unpaired) electrons. The van der Waals surface area contributed by atoms with Gasteiger partial charge in [-0.15, -0.1) is 0 Å². The highest BCUT2D eigenvalue weighted by Gasteiger charge is 2.26. The lowest BCUT2D eigenvalue weighted by molar-refractivity contribution is -0.154. The lowest BCUT2D eigenvalue weighted by atomic mass is 9.91. The van der Waals surface area contributed by atoms with Gasteiger partial charge in [0.1, 0.15) is 5.75 Å². The van der Waals surface area contributed by atoms with Gasteiger partial charge in [0.05, 0.1) is 44.5 Å². The normalized spacial score (nSPS) is 11.5. The van der Waals surface area contributed by atoms with E-state index in [2.05, 4.69) is 6.07 Å². The molecule has 6 heteroatoms. The first kappa shape index (κ1) is 29.8. The number of hydrogen-bond donors (Lipinski definition) is 0. The SMILES string of the molecule is CCC(C)(C)C(=O)OCCCCCCCCOc1ccc(/C=C(\C#N)c2ccc(OC)c(OC)c2)cc1. The molecular formula is C31H41NO5. The fourth-order valence-electron chi connectivity index (χ4n) is 3.62. The lowest BCUT2D eigenvalue weighted by Gasteiger charge is -2.20. The second-order valence-corrected chi connectivity index (χ2v) is 9.65. The van der Waals surface area contributed by atoms with E-state index >= 15 is 0 Å². The molecule has 0 aromatic heterocycles. The largest absolute Gasteiger partial charge is 0.494 e. The molecule has 2 aromatic rings. The van der Waals surface area contributed by atoms with Crippen molar-refractivity contribution in [2.75, 3.05) is 27.4 Å². The summed E-state index contributed by atoms with van der Waals surface area (Å²) >= 11 is 0. The highest BCUT2D eigenvalue weighted by atomic mass is 16.5. The first-order chi connectivity index (χ1) is 17.8. The van der Waals surface area contributed by atoms with Gasteiger partial charge in [-0.2, -0.15) is 5.26 Å². The average Bonchev–Trinajstić information content (AvgIpc) is 2.92. The van der Waals surface area contributed by atoms with Crippen LogP contribution in [0.4, 0.5) is 0 Å². The van der Waals surface area contributed by atoms with Crippen LogP contribution in [0.2, 0.25) is 0 Å². The van der Waals surface area contributed by atoms with Crippen LogP contribution in [0, 0.1) is 16.7 Å². The molecular weight excluding hydrogens is 466 g/mol. The quantitative estimate of drug-likeness (QED) is 0.101. The minimum Gasteiger partial charge on any atom is -0.494 e. The maximum Gasteiger partial charge on any atom is 0.311 e. The molecule has 0 bridgehead atoms. The summed E-state index contributed by atoms with van der Waals surface area (Å²) in [5.41, 5.74) is 1.84. The molecule has 0 unspecified atom stereocenters. The summed E-state index contributed by atoms with van der Waals surface area (Å²) in [6.45, 7) is 7.05. The van der Waals surface area contributed by atoms with Gasteiger partial charge in [-0.05, 0) is 80.6 Å². The zero-order chi connectivity index (χ0) is 27.1. The van der Waals surface area contributed by atoms with Gasteiger partial charge in [-0.25, -0.2) is 0 Å². The molecule has 0 spiro atoms. The minimum absolute atomic E-state index is 0.0976. The van der Waals surface area contributed by atoms with E-state index in [4.69, 9.17) is 18.9 Å². The van der Waals surface area contributed by atoms with Gasteiger partial charge in [-0.3, -0.25) is 4.79 Å². The lowest BCUT2D eigenvalue weighted by Crippen LogP contribution is -2.26. The fraction of sp³-hybridized carbons (Fsp3) is 0.484. The van der Waals surface area contributed by atoms with Crippen LogP contribution in [-0.4, -0.2) is 33.4 Å². The molecule has 0 fully saturated rings. The topological polar surface area (TPSA) is 77.8 Å². The number of benzene rings is 2. The van der Waals surface area contributed by atoms with Crippen molar-refractivity contribution >= 4 is 17.6 Å². The van der Waals surface area contributed by atoms with Gasteiger partial charge in [0.15, 0.2) is 11.5 Å². The standard InChI is InChI=1S/C31H41NO5/c1-6-31(2,3)30(33)37-20-12-10-8-7-9-11-19-36-27-16-13-24(14-17-27)21-26(23-32)25-15-18-28(34-4)29(22-25)35-5/h13-18,21-22H,6-12,19-20H2,1-5H3/b26-21+. The first-order valence-electron chi connectivity index (χ1n) is 13.1. The van der Waals surface area contributed by atoms with Crippen molar-refractivity contribution in [2.24, 2.45) is 5.41 Å². The van der Waals surface area contributed by atoms with E-state index in [1.807, 2.05) is 57.2 Å². The minimum atomic E-state index is -0.386. The Labute approximate surface area is 222 Å². The molecule has 0 heterocycles. The summed E-state index contributed by atoms with van der Waals surface area (Å²) in [7, 11) is 3.16. The average molecular weight is 508 g/mol. The van der Waals surface area contributed by atoms with Gasteiger partial charge in [0, 0.05) is 0 Å². The number of nitrogens with zero attached hydrogens (tertiary/aromatic N) is 1. The molecule has 2 aromatic carbocycles. The first-order valence-corrected chi connectivity index (χ1v) is 13.1. The van der Waals surface area contributed by atoms with Crippen LogP contribution in [0.25, 0.3) is 11.6 Å². The summed E-state index contributed by atoms with van der Waals surface area (Å²) in [6.07, 6.45) is 9.02. The third-order valence-electron chi connectivity index (χ3n) is 6.48. The Morgan fingerprint density at radius 3 is 2.11 bits per heavy atom. The van der Waals surface area contributed by atoms with Crippen LogP contribution in [0.1, 0.15) is 76.8 Å². The number of ether oxygens (including phenoxy) is 4. The number of esters is 1. The van der Waals surface area contributed by atoms with Crippen molar-refractivity contribution in [3.05, 3.63) is 53.6 Å². The molecule has 0 atom stereocenters. The highest BCUT2D eigenvalue weighted by molar-refractivity contribution is 5.90. The third-order valence-corrected chi connectivity index (χ3v) is 6.48. The van der Waals surface area contributed by atoms with Gasteiger partial charge in [-0.1, -0.05) is 44.7 Å². The highest BCUT2D eigenvalue weighted by Crippen LogP contribution is 2.31. The van der Waals surface area contributed by atoms with E-state index in [-0.39, 0.29) is 11.4 Å². The molecule has 200 valence electrons. The van der Waals surface area contributed by atoms with Gasteiger partial charge >= 0.3 is 5.97 Å². The summed E-state index contributed by atoms with van der Waals surface area (Å²) < 4.78 is 21.9. The molecule has 0 aliphatic rings. The number of carbonyl (C=O) groups excluding carboxylic acids is 1. The summed E-state index contributed by atoms with van der Waals surface area (Å²) in [6, 6.07) is 15.4. The molecule has 0 saturated heterocycles. The molecule has 0 saturated carbocycles. The fourth-order valence-corrected chi connectivity index (χ4v) is 3.62. The zero-order valence-corrected chi connectivity index (χ0v) is 23.0. The van der Waals surface area contributed by atoms with Crippen LogP contribution < -0.4 is 14.2 Å². The van der Waals surface area contributed by atoms with Crippen molar-refractivity contribution < 1.29 is 23.7 Å². The van der Waals surface area contributed by atoms with Crippen LogP contribution in [0.5, 0.6) is 17.2 Å². The Balaban J connectivity index is 1.68. The summed E-state index contributed by atoms with van der Waals surface area (Å²) in [5.74, 6) is 1.93. The van der Waals surface area contributed by atoms with Crippen molar-refractivity contribution in [3.8, 4) is 23.3 Å². The van der Waals surface area contributed by atoms with E-state index in [0.29, 0.717) is 30.3 Å². The molecule has 37 heavy (non-hydrogen) atoms. The number of rotatable bonds is 16. The summed E-state index contributed by atoms with van der Waals surface area (Å²) in [4.78, 5) is 11.9. The number of carbonyl (C=O) groups is 1.